The largest absolute Gasteiger partial charge is 0.503 e. The van der Waals surface area contributed by atoms with Crippen molar-refractivity contribution in [3.05, 3.63) is 45.8 Å². The van der Waals surface area contributed by atoms with E-state index in [9.17, 15) is 18.7 Å². The molecule has 0 bridgehead atoms. The second kappa shape index (κ2) is 7.23. The van der Waals surface area contributed by atoms with Crippen LogP contribution in [0.25, 0.3) is 22.3 Å². The summed E-state index contributed by atoms with van der Waals surface area (Å²) in [6.07, 6.45) is 0.104. The molecule has 154 valence electrons. The van der Waals surface area contributed by atoms with Crippen LogP contribution in [-0.4, -0.2) is 50.1 Å². The summed E-state index contributed by atoms with van der Waals surface area (Å²) in [6, 6.07) is 3.35. The van der Waals surface area contributed by atoms with E-state index in [-0.39, 0.29) is 28.9 Å². The third-order valence-electron chi connectivity index (χ3n) is 5.12. The van der Waals surface area contributed by atoms with Crippen molar-refractivity contribution in [1.29, 1.82) is 0 Å². The molecule has 1 aromatic carbocycles. The van der Waals surface area contributed by atoms with E-state index >= 15 is 0 Å². The Balaban J connectivity index is 1.83. The molecule has 0 aliphatic carbocycles. The van der Waals surface area contributed by atoms with Crippen molar-refractivity contribution >= 4 is 11.0 Å². The summed E-state index contributed by atoms with van der Waals surface area (Å²) in [5.41, 5.74) is -0.728. The Hall–Kier alpha value is -2.78. The van der Waals surface area contributed by atoms with E-state index in [1.807, 2.05) is 13.8 Å². The van der Waals surface area contributed by atoms with Gasteiger partial charge in [0.15, 0.2) is 5.75 Å². The van der Waals surface area contributed by atoms with Gasteiger partial charge < -0.3 is 14.8 Å². The molecule has 29 heavy (non-hydrogen) atoms. The summed E-state index contributed by atoms with van der Waals surface area (Å²) >= 11 is 0. The van der Waals surface area contributed by atoms with Crippen molar-refractivity contribution in [2.24, 2.45) is 7.05 Å². The predicted molar refractivity (Wildman–Crippen MR) is 104 cm³/mol. The maximum atomic E-state index is 14.2. The Morgan fingerprint density at radius 3 is 2.48 bits per heavy atom. The zero-order chi connectivity index (χ0) is 20.9. The van der Waals surface area contributed by atoms with E-state index in [2.05, 4.69) is 15.0 Å². The number of aryl methyl sites for hydroxylation is 1. The molecule has 3 aromatic rings. The number of halogens is 2. The molecule has 2 aromatic heterocycles. The normalized spacial score (nSPS) is 20.4. The smallest absolute Gasteiger partial charge is 0.235 e. The molecule has 4 rings (SSSR count). The van der Waals surface area contributed by atoms with Crippen molar-refractivity contribution < 1.29 is 18.6 Å². The minimum absolute atomic E-state index is 0.0519. The number of hydrogen-bond acceptors (Lipinski definition) is 5. The lowest BCUT2D eigenvalue weighted by Gasteiger charge is -2.34. The van der Waals surface area contributed by atoms with Gasteiger partial charge in [0.1, 0.15) is 17.3 Å². The van der Waals surface area contributed by atoms with Gasteiger partial charge in [0.25, 0.3) is 0 Å². The SMILES string of the molecule is C[C@@H]1CN(Cc2nn(C)c3[nH]c(-c4c(F)cccc4F)c(O)c(=O)c23)C[C@H](C)O1. The monoisotopic (exact) mass is 404 g/mol. The minimum atomic E-state index is -0.881. The highest BCUT2D eigenvalue weighted by Crippen LogP contribution is 2.31. The number of fused-ring (bicyclic) bond motifs is 1. The van der Waals surface area contributed by atoms with Crippen molar-refractivity contribution in [3.8, 4) is 17.0 Å². The Labute approximate surface area is 165 Å². The number of benzene rings is 1. The van der Waals surface area contributed by atoms with Gasteiger partial charge >= 0.3 is 0 Å². The van der Waals surface area contributed by atoms with Gasteiger partial charge in [-0.1, -0.05) is 6.07 Å². The number of nitrogens with zero attached hydrogens (tertiary/aromatic N) is 3. The number of ether oxygens (including phenoxy) is 1. The van der Waals surface area contributed by atoms with Crippen LogP contribution in [0.15, 0.2) is 23.0 Å². The molecule has 2 N–H and O–H groups in total. The maximum Gasteiger partial charge on any atom is 0.235 e. The molecule has 1 fully saturated rings. The topological polar surface area (TPSA) is 83.4 Å². The lowest BCUT2D eigenvalue weighted by molar-refractivity contribution is -0.0707. The number of hydrogen-bond donors (Lipinski definition) is 2. The molecule has 0 unspecified atom stereocenters. The molecule has 0 radical (unpaired) electrons. The van der Waals surface area contributed by atoms with Gasteiger partial charge in [-0.25, -0.2) is 8.78 Å². The summed E-state index contributed by atoms with van der Waals surface area (Å²) in [5, 5.41) is 15.1. The number of nitrogens with one attached hydrogen (secondary N) is 1. The van der Waals surface area contributed by atoms with E-state index in [0.29, 0.717) is 25.3 Å². The molecule has 9 heteroatoms. The first kappa shape index (κ1) is 19.5. The van der Waals surface area contributed by atoms with Gasteiger partial charge in [-0.2, -0.15) is 5.10 Å². The van der Waals surface area contributed by atoms with Crippen LogP contribution in [0.5, 0.6) is 5.75 Å². The number of pyridine rings is 1. The molecule has 3 heterocycles. The average molecular weight is 404 g/mol. The van der Waals surface area contributed by atoms with E-state index < -0.39 is 28.4 Å². The summed E-state index contributed by atoms with van der Waals surface area (Å²) < 4.78 is 35.6. The van der Waals surface area contributed by atoms with Crippen LogP contribution < -0.4 is 5.43 Å². The molecule has 0 saturated carbocycles. The molecule has 1 saturated heterocycles. The molecular formula is C20H22F2N4O3. The third-order valence-corrected chi connectivity index (χ3v) is 5.12. The standard InChI is InChI=1S/C20H22F2N4O3/c1-10-7-26(8-11(2)29-10)9-14-16-18(27)19(28)17(23-20(16)25(3)24-14)15-12(21)5-4-6-13(15)22/h4-6,10-11,28H,7-9H2,1-3H3,(H,23,27)/t10-,11+. The quantitative estimate of drug-likeness (QED) is 0.701. The fourth-order valence-corrected chi connectivity index (χ4v) is 4.02. The highest BCUT2D eigenvalue weighted by molar-refractivity contribution is 5.84. The lowest BCUT2D eigenvalue weighted by atomic mass is 10.1. The van der Waals surface area contributed by atoms with Crippen LogP contribution in [0.2, 0.25) is 0 Å². The zero-order valence-corrected chi connectivity index (χ0v) is 16.4. The van der Waals surface area contributed by atoms with Crippen molar-refractivity contribution in [2.75, 3.05) is 13.1 Å². The van der Waals surface area contributed by atoms with E-state index in [4.69, 9.17) is 4.74 Å². The van der Waals surface area contributed by atoms with Crippen molar-refractivity contribution in [2.45, 2.75) is 32.6 Å². The molecule has 1 aliphatic heterocycles. The highest BCUT2D eigenvalue weighted by atomic mass is 19.1. The van der Waals surface area contributed by atoms with Gasteiger partial charge in [-0.3, -0.25) is 14.4 Å². The van der Waals surface area contributed by atoms with Gasteiger partial charge in [-0.05, 0) is 26.0 Å². The lowest BCUT2D eigenvalue weighted by Crippen LogP contribution is -2.45. The van der Waals surface area contributed by atoms with E-state index in [1.165, 1.54) is 10.7 Å². The molecule has 1 aliphatic rings. The summed E-state index contributed by atoms with van der Waals surface area (Å²) in [5.74, 6) is -2.50. The summed E-state index contributed by atoms with van der Waals surface area (Å²) in [4.78, 5) is 17.9. The number of H-pyrrole nitrogens is 1. The van der Waals surface area contributed by atoms with Crippen molar-refractivity contribution in [1.82, 2.24) is 19.7 Å². The van der Waals surface area contributed by atoms with Crippen LogP contribution in [0.3, 0.4) is 0 Å². The first-order chi connectivity index (χ1) is 13.8. The zero-order valence-electron chi connectivity index (χ0n) is 16.4. The number of aromatic amines is 1. The number of morpholine rings is 1. The minimum Gasteiger partial charge on any atom is -0.503 e. The molecule has 2 atom stereocenters. The van der Waals surface area contributed by atoms with E-state index in [0.717, 1.165) is 12.1 Å². The Bertz CT molecular complexity index is 1110. The van der Waals surface area contributed by atoms with Gasteiger partial charge in [0.05, 0.1) is 34.5 Å². The Morgan fingerprint density at radius 1 is 1.24 bits per heavy atom. The van der Waals surface area contributed by atoms with Crippen LogP contribution >= 0.6 is 0 Å². The number of aromatic hydroxyl groups is 1. The maximum absolute atomic E-state index is 14.2. The van der Waals surface area contributed by atoms with E-state index in [1.54, 1.807) is 7.05 Å². The first-order valence-corrected chi connectivity index (χ1v) is 9.39. The molecule has 7 nitrogen and oxygen atoms in total. The fourth-order valence-electron chi connectivity index (χ4n) is 4.02. The van der Waals surface area contributed by atoms with Crippen LogP contribution in [0.1, 0.15) is 19.5 Å². The second-order valence-corrected chi connectivity index (χ2v) is 7.52. The first-order valence-electron chi connectivity index (χ1n) is 9.39. The summed E-state index contributed by atoms with van der Waals surface area (Å²) in [6.45, 7) is 5.72. The molecule has 0 amide bonds. The third kappa shape index (κ3) is 3.40. The van der Waals surface area contributed by atoms with Crippen LogP contribution in [0.4, 0.5) is 8.78 Å². The average Bonchev–Trinajstić information content (AvgIpc) is 2.93. The van der Waals surface area contributed by atoms with Crippen molar-refractivity contribution in [3.63, 3.8) is 0 Å². The fraction of sp³-hybridized carbons (Fsp3) is 0.400. The highest BCUT2D eigenvalue weighted by Gasteiger charge is 2.27. The number of aromatic nitrogens is 3. The Kier molecular flexibility index (Phi) is 4.87. The van der Waals surface area contributed by atoms with Gasteiger partial charge in [0, 0.05) is 26.7 Å². The predicted octanol–water partition coefficient (Wildman–Crippen LogP) is 2.52. The number of rotatable bonds is 3. The Morgan fingerprint density at radius 2 is 1.86 bits per heavy atom. The van der Waals surface area contributed by atoms with Crippen LogP contribution in [0, 0.1) is 11.6 Å². The van der Waals surface area contributed by atoms with Gasteiger partial charge in [-0.15, -0.1) is 0 Å². The summed E-state index contributed by atoms with van der Waals surface area (Å²) in [7, 11) is 1.63. The molecule has 0 spiro atoms. The second-order valence-electron chi connectivity index (χ2n) is 7.52. The van der Waals surface area contributed by atoms with Crippen LogP contribution in [-0.2, 0) is 18.3 Å². The van der Waals surface area contributed by atoms with Gasteiger partial charge in [0.2, 0.25) is 5.43 Å². The molecular weight excluding hydrogens is 382 g/mol.